The molecule has 21 heavy (non-hydrogen) atoms. The van der Waals surface area contributed by atoms with Gasteiger partial charge in [-0.2, -0.15) is 0 Å². The van der Waals surface area contributed by atoms with E-state index < -0.39 is 23.5 Å². The van der Waals surface area contributed by atoms with Crippen molar-refractivity contribution in [1.82, 2.24) is 10.2 Å². The number of nitrogens with zero attached hydrogens (tertiary/aromatic N) is 1. The maximum absolute atomic E-state index is 14.1. The Balaban J connectivity index is 0.00000220. The van der Waals surface area contributed by atoms with Crippen LogP contribution in [0.1, 0.15) is 31.9 Å². The van der Waals surface area contributed by atoms with Gasteiger partial charge in [-0.3, -0.25) is 4.90 Å². The van der Waals surface area contributed by atoms with Crippen LogP contribution in [0.2, 0.25) is 0 Å². The van der Waals surface area contributed by atoms with Crippen molar-refractivity contribution in [3.05, 3.63) is 35.1 Å². The highest BCUT2D eigenvalue weighted by atomic mass is 35.5. The van der Waals surface area contributed by atoms with Crippen LogP contribution in [-0.4, -0.2) is 31.1 Å². The van der Waals surface area contributed by atoms with Gasteiger partial charge in [0.25, 0.3) is 0 Å². The van der Waals surface area contributed by atoms with Gasteiger partial charge >= 0.3 is 0 Å². The second kappa shape index (κ2) is 8.01. The monoisotopic (exact) mass is 322 g/mol. The van der Waals surface area contributed by atoms with Crippen LogP contribution >= 0.6 is 12.4 Å². The van der Waals surface area contributed by atoms with Gasteiger partial charge in [0.2, 0.25) is 0 Å². The molecule has 1 aromatic rings. The number of benzene rings is 1. The average Bonchev–Trinajstić information content (AvgIpc) is 2.43. The fourth-order valence-corrected chi connectivity index (χ4v) is 2.74. The molecule has 1 aromatic carbocycles. The Morgan fingerprint density at radius 3 is 2.24 bits per heavy atom. The summed E-state index contributed by atoms with van der Waals surface area (Å²) >= 11 is 0. The maximum Gasteiger partial charge on any atom is 0.166 e. The first-order chi connectivity index (χ1) is 9.50. The van der Waals surface area contributed by atoms with Crippen molar-refractivity contribution in [1.29, 1.82) is 0 Å². The average molecular weight is 323 g/mol. The summed E-state index contributed by atoms with van der Waals surface area (Å²) in [5.41, 5.74) is -0.124. The molecule has 0 radical (unpaired) electrons. The van der Waals surface area contributed by atoms with Gasteiger partial charge in [0.1, 0.15) is 5.82 Å². The van der Waals surface area contributed by atoms with Crippen molar-refractivity contribution in [3.63, 3.8) is 0 Å². The molecule has 1 N–H and O–H groups in total. The van der Waals surface area contributed by atoms with Gasteiger partial charge in [0.15, 0.2) is 11.6 Å². The molecule has 0 saturated carbocycles. The summed E-state index contributed by atoms with van der Waals surface area (Å²) in [7, 11) is 0. The smallest absolute Gasteiger partial charge is 0.166 e. The highest BCUT2D eigenvalue weighted by molar-refractivity contribution is 5.85. The zero-order valence-corrected chi connectivity index (χ0v) is 13.2. The Morgan fingerprint density at radius 2 is 1.67 bits per heavy atom. The lowest BCUT2D eigenvalue weighted by Gasteiger charge is -2.36. The predicted octanol–water partition coefficient (Wildman–Crippen LogP) is 3.52. The molecule has 1 aliphatic rings. The lowest BCUT2D eigenvalue weighted by molar-refractivity contribution is 0.147. The predicted molar refractivity (Wildman–Crippen MR) is 80.2 cm³/mol. The second-order valence-corrected chi connectivity index (χ2v) is 5.69. The van der Waals surface area contributed by atoms with Crippen molar-refractivity contribution >= 4 is 12.4 Å². The van der Waals surface area contributed by atoms with Gasteiger partial charge < -0.3 is 5.32 Å². The number of hydrogen-bond acceptors (Lipinski definition) is 2. The van der Waals surface area contributed by atoms with Crippen LogP contribution in [0.5, 0.6) is 0 Å². The molecule has 120 valence electrons. The summed E-state index contributed by atoms with van der Waals surface area (Å²) in [5, 5.41) is 3.21. The van der Waals surface area contributed by atoms with Crippen molar-refractivity contribution in [3.8, 4) is 0 Å². The Morgan fingerprint density at radius 1 is 1.10 bits per heavy atom. The normalized spacial score (nSPS) is 17.6. The summed E-state index contributed by atoms with van der Waals surface area (Å²) in [6.07, 6.45) is 0.608. The number of rotatable bonds is 4. The molecule has 1 atom stereocenters. The third kappa shape index (κ3) is 4.34. The zero-order chi connectivity index (χ0) is 14.7. The van der Waals surface area contributed by atoms with Crippen LogP contribution in [-0.2, 0) is 0 Å². The van der Waals surface area contributed by atoms with Crippen molar-refractivity contribution in [2.24, 2.45) is 5.92 Å². The minimum atomic E-state index is -1.05. The molecule has 2 rings (SSSR count). The molecule has 0 spiro atoms. The number of halogens is 4. The third-order valence-corrected chi connectivity index (χ3v) is 3.70. The van der Waals surface area contributed by atoms with Gasteiger partial charge in [0, 0.05) is 37.8 Å². The molecule has 1 aliphatic heterocycles. The molecule has 0 bridgehead atoms. The molecule has 6 heteroatoms. The Hall–Kier alpha value is -0.780. The Kier molecular flexibility index (Phi) is 6.97. The fourth-order valence-electron chi connectivity index (χ4n) is 2.74. The van der Waals surface area contributed by atoms with E-state index in [-0.39, 0.29) is 23.9 Å². The van der Waals surface area contributed by atoms with E-state index >= 15 is 0 Å². The number of nitrogens with one attached hydrogen (secondary N) is 1. The van der Waals surface area contributed by atoms with E-state index in [1.807, 2.05) is 18.7 Å². The summed E-state index contributed by atoms with van der Waals surface area (Å²) in [4.78, 5) is 2.04. The topological polar surface area (TPSA) is 15.3 Å². The molecule has 0 amide bonds. The van der Waals surface area contributed by atoms with Gasteiger partial charge in [-0.05, 0) is 24.5 Å². The number of piperazine rings is 1. The molecular formula is C15H22ClF3N2. The molecule has 1 heterocycles. The quantitative estimate of drug-likeness (QED) is 0.853. The third-order valence-electron chi connectivity index (χ3n) is 3.70. The van der Waals surface area contributed by atoms with E-state index in [0.717, 1.165) is 25.2 Å². The van der Waals surface area contributed by atoms with Gasteiger partial charge in [-0.25, -0.2) is 13.2 Å². The lowest BCUT2D eigenvalue weighted by Crippen LogP contribution is -2.45. The Labute approximate surface area is 130 Å². The molecule has 0 unspecified atom stereocenters. The molecule has 1 saturated heterocycles. The second-order valence-electron chi connectivity index (χ2n) is 5.69. The highest BCUT2D eigenvalue weighted by Gasteiger charge is 2.29. The van der Waals surface area contributed by atoms with Gasteiger partial charge in [-0.15, -0.1) is 12.4 Å². The minimum absolute atomic E-state index is 0. The molecular weight excluding hydrogens is 301 g/mol. The first-order valence-electron chi connectivity index (χ1n) is 7.09. The summed E-state index contributed by atoms with van der Waals surface area (Å²) < 4.78 is 41.5. The van der Waals surface area contributed by atoms with Crippen LogP contribution in [0.15, 0.2) is 12.1 Å². The number of hydrogen-bond donors (Lipinski definition) is 1. The van der Waals surface area contributed by atoms with E-state index in [1.165, 1.54) is 0 Å². The lowest BCUT2D eigenvalue weighted by atomic mass is 9.94. The summed E-state index contributed by atoms with van der Waals surface area (Å²) in [5.74, 6) is -2.41. The van der Waals surface area contributed by atoms with E-state index in [2.05, 4.69) is 5.32 Å². The Bertz CT molecular complexity index is 462. The highest BCUT2D eigenvalue weighted by Crippen LogP contribution is 2.32. The van der Waals surface area contributed by atoms with E-state index in [9.17, 15) is 13.2 Å². The SMILES string of the molecule is CC(C)C[C@H](c1c(F)ccc(F)c1F)N1CCNCC1.Cl. The summed E-state index contributed by atoms with van der Waals surface area (Å²) in [6.45, 7) is 7.01. The molecule has 0 aliphatic carbocycles. The van der Waals surface area contributed by atoms with Crippen LogP contribution in [0, 0.1) is 23.4 Å². The molecule has 2 nitrogen and oxygen atoms in total. The fraction of sp³-hybridized carbons (Fsp3) is 0.600. The minimum Gasteiger partial charge on any atom is -0.314 e. The van der Waals surface area contributed by atoms with Crippen LogP contribution in [0.25, 0.3) is 0 Å². The van der Waals surface area contributed by atoms with E-state index in [4.69, 9.17) is 0 Å². The van der Waals surface area contributed by atoms with Crippen molar-refractivity contribution in [2.75, 3.05) is 26.2 Å². The van der Waals surface area contributed by atoms with Crippen LogP contribution in [0.4, 0.5) is 13.2 Å². The maximum atomic E-state index is 14.1. The van der Waals surface area contributed by atoms with E-state index in [0.29, 0.717) is 19.5 Å². The zero-order valence-electron chi connectivity index (χ0n) is 12.3. The van der Waals surface area contributed by atoms with Crippen LogP contribution < -0.4 is 5.32 Å². The van der Waals surface area contributed by atoms with E-state index in [1.54, 1.807) is 0 Å². The van der Waals surface area contributed by atoms with Gasteiger partial charge in [0.05, 0.1) is 0 Å². The summed E-state index contributed by atoms with van der Waals surface area (Å²) in [6, 6.07) is 1.45. The van der Waals surface area contributed by atoms with Crippen molar-refractivity contribution < 1.29 is 13.2 Å². The largest absolute Gasteiger partial charge is 0.314 e. The molecule has 1 fully saturated rings. The first kappa shape index (κ1) is 18.3. The molecule has 0 aromatic heterocycles. The van der Waals surface area contributed by atoms with Crippen molar-refractivity contribution in [2.45, 2.75) is 26.3 Å². The van der Waals surface area contributed by atoms with Crippen LogP contribution in [0.3, 0.4) is 0 Å². The first-order valence-corrected chi connectivity index (χ1v) is 7.09. The standard InChI is InChI=1S/C15H21F3N2.ClH/c1-10(2)9-13(20-7-5-19-6-8-20)14-11(16)3-4-12(17)15(14)18;/h3-4,10,13,19H,5-9H2,1-2H3;1H/t13-;/m1./s1. The van der Waals surface area contributed by atoms with Gasteiger partial charge in [-0.1, -0.05) is 13.8 Å².